The summed E-state index contributed by atoms with van der Waals surface area (Å²) in [5, 5.41) is 0. The number of fused-ring (bicyclic) bond motifs is 1. The number of carbonyl (C=O) groups excluding carboxylic acids is 1. The molecule has 0 spiro atoms. The standard InChI is InChI=1S/C22H33N5O/c28-22(21-17-8-4-5-9-19(17)24-26-21)27-12-10-16(11-13-27)20-18(14-23-25-20)15-6-2-1-3-7-15/h1-3,6-7,16-21,23-26H,4-5,8-14H2. The molecule has 4 N–H and O–H groups in total. The predicted octanol–water partition coefficient (Wildman–Crippen LogP) is 1.52. The molecule has 3 saturated heterocycles. The highest BCUT2D eigenvalue weighted by Gasteiger charge is 2.44. The van der Waals surface area contributed by atoms with E-state index in [1.165, 1.54) is 31.2 Å². The molecule has 5 rings (SSSR count). The molecule has 1 amide bonds. The number of nitrogens with zero attached hydrogens (tertiary/aromatic N) is 1. The number of nitrogens with one attached hydrogen (secondary N) is 4. The zero-order valence-electron chi connectivity index (χ0n) is 16.6. The lowest BCUT2D eigenvalue weighted by atomic mass is 9.79. The number of amides is 1. The van der Waals surface area contributed by atoms with Gasteiger partial charge in [0.25, 0.3) is 0 Å². The molecule has 6 heteroatoms. The Bertz CT molecular complexity index is 675. The monoisotopic (exact) mass is 383 g/mol. The number of rotatable bonds is 3. The van der Waals surface area contributed by atoms with E-state index in [4.69, 9.17) is 0 Å². The molecule has 4 aliphatic rings. The molecule has 3 aliphatic heterocycles. The van der Waals surface area contributed by atoms with Crippen LogP contribution in [-0.4, -0.2) is 48.6 Å². The van der Waals surface area contributed by atoms with Crippen molar-refractivity contribution in [2.45, 2.75) is 62.6 Å². The summed E-state index contributed by atoms with van der Waals surface area (Å²) in [5.74, 6) is 1.91. The van der Waals surface area contributed by atoms with Crippen molar-refractivity contribution >= 4 is 5.91 Å². The summed E-state index contributed by atoms with van der Waals surface area (Å²) in [6.45, 7) is 2.76. The maximum absolute atomic E-state index is 13.2. The van der Waals surface area contributed by atoms with Gasteiger partial charge in [-0.15, -0.1) is 0 Å². The molecule has 3 heterocycles. The fourth-order valence-corrected chi connectivity index (χ4v) is 5.95. The highest BCUT2D eigenvalue weighted by atomic mass is 16.2. The highest BCUT2D eigenvalue weighted by molar-refractivity contribution is 5.82. The second-order valence-corrected chi connectivity index (χ2v) is 9.05. The van der Waals surface area contributed by atoms with Gasteiger partial charge in [0.1, 0.15) is 6.04 Å². The number of carbonyl (C=O) groups is 1. The third-order valence-corrected chi connectivity index (χ3v) is 7.55. The lowest BCUT2D eigenvalue weighted by Gasteiger charge is -2.38. The summed E-state index contributed by atoms with van der Waals surface area (Å²) in [5.41, 5.74) is 15.0. The van der Waals surface area contributed by atoms with E-state index in [-0.39, 0.29) is 6.04 Å². The third kappa shape index (κ3) is 3.47. The van der Waals surface area contributed by atoms with Crippen LogP contribution >= 0.6 is 0 Å². The average Bonchev–Trinajstić information content (AvgIpc) is 3.41. The Hall–Kier alpha value is -1.47. The van der Waals surface area contributed by atoms with E-state index >= 15 is 0 Å². The maximum Gasteiger partial charge on any atom is 0.241 e. The van der Waals surface area contributed by atoms with Crippen molar-refractivity contribution < 1.29 is 4.79 Å². The van der Waals surface area contributed by atoms with Gasteiger partial charge in [-0.3, -0.25) is 21.1 Å². The first-order valence-corrected chi connectivity index (χ1v) is 11.1. The Morgan fingerprint density at radius 3 is 2.54 bits per heavy atom. The van der Waals surface area contributed by atoms with Crippen LogP contribution in [0.5, 0.6) is 0 Å². The summed E-state index contributed by atoms with van der Waals surface area (Å²) in [4.78, 5) is 15.3. The number of hydrogen-bond donors (Lipinski definition) is 4. The van der Waals surface area contributed by atoms with E-state index in [9.17, 15) is 4.79 Å². The van der Waals surface area contributed by atoms with E-state index in [1.807, 2.05) is 0 Å². The smallest absolute Gasteiger partial charge is 0.241 e. The molecule has 6 nitrogen and oxygen atoms in total. The lowest BCUT2D eigenvalue weighted by molar-refractivity contribution is -0.135. The van der Waals surface area contributed by atoms with Crippen molar-refractivity contribution in [3.05, 3.63) is 35.9 Å². The lowest BCUT2D eigenvalue weighted by Crippen LogP contribution is -2.52. The molecular formula is C22H33N5O. The second kappa shape index (κ2) is 8.11. The molecule has 0 radical (unpaired) electrons. The van der Waals surface area contributed by atoms with Gasteiger partial charge in [0, 0.05) is 43.6 Å². The average molecular weight is 384 g/mol. The summed E-state index contributed by atoms with van der Waals surface area (Å²) in [7, 11) is 0. The summed E-state index contributed by atoms with van der Waals surface area (Å²) in [6.07, 6.45) is 7.09. The van der Waals surface area contributed by atoms with Crippen LogP contribution in [0.3, 0.4) is 0 Å². The Morgan fingerprint density at radius 1 is 0.929 bits per heavy atom. The summed E-state index contributed by atoms with van der Waals surface area (Å²) in [6, 6.07) is 11.7. The van der Waals surface area contributed by atoms with Crippen LogP contribution in [0.4, 0.5) is 0 Å². The van der Waals surface area contributed by atoms with E-state index in [0.717, 1.165) is 32.5 Å². The van der Waals surface area contributed by atoms with Crippen LogP contribution in [-0.2, 0) is 4.79 Å². The Labute approximate surface area is 167 Å². The van der Waals surface area contributed by atoms with E-state index in [1.54, 1.807) is 0 Å². The second-order valence-electron chi connectivity index (χ2n) is 9.05. The molecule has 1 aliphatic carbocycles. The van der Waals surface area contributed by atoms with Crippen LogP contribution in [0, 0.1) is 11.8 Å². The molecule has 1 aromatic rings. The van der Waals surface area contributed by atoms with Gasteiger partial charge in [-0.25, -0.2) is 5.43 Å². The van der Waals surface area contributed by atoms with Crippen molar-refractivity contribution in [2.75, 3.05) is 19.6 Å². The minimum Gasteiger partial charge on any atom is -0.341 e. The van der Waals surface area contributed by atoms with E-state index in [0.29, 0.717) is 35.7 Å². The van der Waals surface area contributed by atoms with Gasteiger partial charge in [-0.05, 0) is 37.2 Å². The molecule has 0 aromatic heterocycles. The van der Waals surface area contributed by atoms with Crippen LogP contribution in [0.15, 0.2) is 30.3 Å². The Balaban J connectivity index is 1.19. The molecule has 5 atom stereocenters. The zero-order chi connectivity index (χ0) is 18.9. The highest BCUT2D eigenvalue weighted by Crippen LogP contribution is 2.34. The van der Waals surface area contributed by atoms with Crippen LogP contribution in [0.2, 0.25) is 0 Å². The number of hydrogen-bond acceptors (Lipinski definition) is 5. The van der Waals surface area contributed by atoms with Gasteiger partial charge in [-0.2, -0.15) is 0 Å². The molecule has 152 valence electrons. The van der Waals surface area contributed by atoms with Gasteiger partial charge in [0.05, 0.1) is 0 Å². The molecule has 0 bridgehead atoms. The number of hydrazine groups is 2. The topological polar surface area (TPSA) is 68.4 Å². The summed E-state index contributed by atoms with van der Waals surface area (Å²) < 4.78 is 0. The largest absolute Gasteiger partial charge is 0.341 e. The fraction of sp³-hybridized carbons (Fsp3) is 0.682. The molecular weight excluding hydrogens is 350 g/mol. The number of likely N-dealkylation sites (tertiary alicyclic amines) is 1. The van der Waals surface area contributed by atoms with E-state index < -0.39 is 0 Å². The Morgan fingerprint density at radius 2 is 1.71 bits per heavy atom. The van der Waals surface area contributed by atoms with Gasteiger partial charge in [0.15, 0.2) is 0 Å². The zero-order valence-corrected chi connectivity index (χ0v) is 16.6. The third-order valence-electron chi connectivity index (χ3n) is 7.55. The molecule has 1 saturated carbocycles. The minimum absolute atomic E-state index is 0.0230. The van der Waals surface area contributed by atoms with Crippen molar-refractivity contribution in [3.63, 3.8) is 0 Å². The van der Waals surface area contributed by atoms with Crippen molar-refractivity contribution in [1.29, 1.82) is 0 Å². The number of piperidine rings is 1. The van der Waals surface area contributed by atoms with Crippen molar-refractivity contribution in [3.8, 4) is 0 Å². The quantitative estimate of drug-likeness (QED) is 0.637. The molecule has 1 aromatic carbocycles. The number of benzene rings is 1. The SMILES string of the molecule is O=C(C1NNC2CCCCC21)N1CCC(C2NNCC2c2ccccc2)CC1. The van der Waals surface area contributed by atoms with Crippen LogP contribution in [0.25, 0.3) is 0 Å². The Kier molecular flexibility index (Phi) is 5.37. The first-order valence-electron chi connectivity index (χ1n) is 11.1. The first kappa shape index (κ1) is 18.6. The normalized spacial score (nSPS) is 36.4. The molecule has 4 fully saturated rings. The van der Waals surface area contributed by atoms with Gasteiger partial charge in [-0.1, -0.05) is 43.2 Å². The molecule has 28 heavy (non-hydrogen) atoms. The first-order chi connectivity index (χ1) is 13.8. The molecule has 5 unspecified atom stereocenters. The minimum atomic E-state index is -0.0230. The van der Waals surface area contributed by atoms with Gasteiger partial charge in [0.2, 0.25) is 5.91 Å². The van der Waals surface area contributed by atoms with Crippen molar-refractivity contribution in [1.82, 2.24) is 26.6 Å². The maximum atomic E-state index is 13.2. The fourth-order valence-electron chi connectivity index (χ4n) is 5.95. The van der Waals surface area contributed by atoms with Gasteiger partial charge >= 0.3 is 0 Å². The van der Waals surface area contributed by atoms with Gasteiger partial charge < -0.3 is 4.90 Å². The van der Waals surface area contributed by atoms with Crippen LogP contribution in [0.1, 0.15) is 50.0 Å². The summed E-state index contributed by atoms with van der Waals surface area (Å²) >= 11 is 0. The van der Waals surface area contributed by atoms with Crippen molar-refractivity contribution in [2.24, 2.45) is 11.8 Å². The van der Waals surface area contributed by atoms with E-state index in [2.05, 4.69) is 56.9 Å². The predicted molar refractivity (Wildman–Crippen MR) is 109 cm³/mol. The van der Waals surface area contributed by atoms with Crippen LogP contribution < -0.4 is 21.7 Å².